The van der Waals surface area contributed by atoms with Gasteiger partial charge in [-0.1, -0.05) is 24.3 Å². The number of piperidine rings is 2. The van der Waals surface area contributed by atoms with E-state index in [0.717, 1.165) is 61.8 Å². The summed E-state index contributed by atoms with van der Waals surface area (Å²) in [6.45, 7) is 1.93. The Kier molecular flexibility index (Phi) is 7.36. The van der Waals surface area contributed by atoms with E-state index >= 15 is 0 Å². The van der Waals surface area contributed by atoms with Gasteiger partial charge in [0.15, 0.2) is 35.2 Å². The van der Waals surface area contributed by atoms with E-state index in [-0.39, 0.29) is 59.7 Å². The summed E-state index contributed by atoms with van der Waals surface area (Å²) in [7, 11) is 7.78. The van der Waals surface area contributed by atoms with Crippen LogP contribution in [0.25, 0.3) is 0 Å². The van der Waals surface area contributed by atoms with Crippen LogP contribution in [-0.2, 0) is 42.7 Å². The molecule has 0 unspecified atom stereocenters. The Labute approximate surface area is 305 Å². The maximum absolute atomic E-state index is 13.3. The molecule has 0 amide bonds. The molecule has 2 spiro atoms. The van der Waals surface area contributed by atoms with Gasteiger partial charge in [0, 0.05) is 58.7 Å². The van der Waals surface area contributed by atoms with E-state index in [1.807, 2.05) is 24.3 Å². The Balaban J connectivity index is 0.786. The predicted molar refractivity (Wildman–Crippen MR) is 191 cm³/mol. The van der Waals surface area contributed by atoms with Crippen LogP contribution in [0.15, 0.2) is 48.6 Å². The molecule has 2 aromatic rings. The molecule has 4 heterocycles. The number of esters is 2. The van der Waals surface area contributed by atoms with Crippen LogP contribution in [0.5, 0.6) is 23.0 Å². The summed E-state index contributed by atoms with van der Waals surface area (Å²) in [5, 5.41) is 0. The van der Waals surface area contributed by atoms with E-state index in [1.54, 1.807) is 14.2 Å². The average molecular weight is 709 g/mol. The van der Waals surface area contributed by atoms with E-state index in [9.17, 15) is 9.59 Å². The molecule has 2 saturated heterocycles. The molecule has 2 fully saturated rings. The summed E-state index contributed by atoms with van der Waals surface area (Å²) in [6.07, 6.45) is 12.4. The minimum Gasteiger partial charge on any atom is -0.493 e. The van der Waals surface area contributed by atoms with Crippen molar-refractivity contribution in [2.24, 2.45) is 11.8 Å². The number of unbranched alkanes of at least 4 members (excludes halogenated alkanes) is 1. The Morgan fingerprint density at radius 2 is 1.13 bits per heavy atom. The summed E-state index contributed by atoms with van der Waals surface area (Å²) in [5.74, 6) is 3.12. The van der Waals surface area contributed by atoms with Crippen LogP contribution < -0.4 is 18.9 Å². The topological polar surface area (TPSA) is 96.0 Å². The van der Waals surface area contributed by atoms with Crippen LogP contribution in [0.1, 0.15) is 60.8 Å². The summed E-state index contributed by atoms with van der Waals surface area (Å²) >= 11 is 0. The number of rotatable bonds is 9. The van der Waals surface area contributed by atoms with Gasteiger partial charge in [-0.2, -0.15) is 0 Å². The third-order valence-electron chi connectivity index (χ3n) is 14.2. The van der Waals surface area contributed by atoms with Gasteiger partial charge >= 0.3 is 11.9 Å². The van der Waals surface area contributed by atoms with Gasteiger partial charge in [-0.05, 0) is 101 Å². The summed E-state index contributed by atoms with van der Waals surface area (Å²) in [4.78, 5) is 31.6. The van der Waals surface area contributed by atoms with E-state index < -0.39 is 12.2 Å². The summed E-state index contributed by atoms with van der Waals surface area (Å²) < 4.78 is 37.3. The second-order valence-electron chi connectivity index (χ2n) is 16.4. The summed E-state index contributed by atoms with van der Waals surface area (Å²) in [5.41, 5.74) is 4.64. The molecule has 4 aliphatic carbocycles. The molecular formula is C42H48N2O8. The van der Waals surface area contributed by atoms with Crippen molar-refractivity contribution in [1.82, 2.24) is 9.80 Å². The molecule has 8 aliphatic rings. The highest BCUT2D eigenvalue weighted by Crippen LogP contribution is 2.64. The molecule has 274 valence electrons. The highest BCUT2D eigenvalue weighted by atomic mass is 16.6. The normalized spacial score (nSPS) is 36.6. The molecular weight excluding hydrogens is 660 g/mol. The van der Waals surface area contributed by atoms with Crippen molar-refractivity contribution in [2.75, 3.05) is 41.4 Å². The number of nitrogens with zero attached hydrogens (tertiary/aromatic N) is 2. The minimum atomic E-state index is -0.490. The van der Waals surface area contributed by atoms with Crippen molar-refractivity contribution in [2.45, 2.75) is 98.7 Å². The number of likely N-dealkylation sites (tertiary alicyclic amines) is 2. The van der Waals surface area contributed by atoms with Crippen LogP contribution in [0.3, 0.4) is 0 Å². The number of hydrogen-bond donors (Lipinski definition) is 0. The molecule has 10 atom stereocenters. The lowest BCUT2D eigenvalue weighted by Gasteiger charge is -2.56. The molecule has 4 aliphatic heterocycles. The fraction of sp³-hybridized carbons (Fsp3) is 0.571. The molecule has 10 heteroatoms. The first-order valence-corrected chi connectivity index (χ1v) is 19.2. The van der Waals surface area contributed by atoms with Crippen LogP contribution >= 0.6 is 0 Å². The highest BCUT2D eigenvalue weighted by molar-refractivity contribution is 5.72. The fourth-order valence-corrected chi connectivity index (χ4v) is 11.9. The third kappa shape index (κ3) is 4.31. The van der Waals surface area contributed by atoms with Gasteiger partial charge in [-0.25, -0.2) is 0 Å². The largest absolute Gasteiger partial charge is 0.493 e. The predicted octanol–water partition coefficient (Wildman–Crippen LogP) is 4.68. The smallest absolute Gasteiger partial charge is 0.306 e. The Hall–Kier alpha value is -4.02. The standard InChI is InChI=1S/C42H48N2O8/c1-43-19-17-41-25-11-15-31(39(41)51-37-29(47-3)13-9-23(35(37)41)21-27(25)43)49-33(45)7-5-6-8-34(46)50-32-16-12-26-28-22-24-10-14-30(48-4)38-36(24)42(26,40(32)52-38)18-20-44(28)2/h9-16,25-28,31-32,39-40H,5-8,17-22H2,1-4H3/t25-,26-,27+,28+,31-,32-,39-,40-,41-,42-/m0/s1. The molecule has 0 N–H and O–H groups in total. The van der Waals surface area contributed by atoms with Gasteiger partial charge in [0.25, 0.3) is 0 Å². The number of benzene rings is 2. The molecule has 52 heavy (non-hydrogen) atoms. The first-order valence-electron chi connectivity index (χ1n) is 19.2. The van der Waals surface area contributed by atoms with Gasteiger partial charge in [-0.15, -0.1) is 0 Å². The Bertz CT molecular complexity index is 1770. The first kappa shape index (κ1) is 32.6. The maximum Gasteiger partial charge on any atom is 0.306 e. The lowest BCUT2D eigenvalue weighted by Crippen LogP contribution is -2.65. The van der Waals surface area contributed by atoms with Crippen LogP contribution in [-0.4, -0.2) is 99.6 Å². The van der Waals surface area contributed by atoms with Crippen molar-refractivity contribution in [3.63, 3.8) is 0 Å². The Morgan fingerprint density at radius 1 is 0.692 bits per heavy atom. The van der Waals surface area contributed by atoms with Gasteiger partial charge < -0.3 is 38.2 Å². The Morgan fingerprint density at radius 3 is 1.56 bits per heavy atom. The zero-order valence-electron chi connectivity index (χ0n) is 30.5. The number of methoxy groups -OCH3 is 2. The molecule has 4 bridgehead atoms. The zero-order valence-corrected chi connectivity index (χ0v) is 30.5. The SMILES string of the molecule is COc1ccc2c3c1O[C@H]1[C@@H](OC(=O)CCCCC(=O)O[C@H]4C=C[C@H]5[C@H]6Cc7ccc(OC)c8c7[C@@]5(CCN6C)[C@H]4O8)C=C[C@H]4[C@@H](C2)N(C)CC[C@@]341. The number of carbonyl (C=O) groups is 2. The first-order chi connectivity index (χ1) is 25.3. The molecule has 0 saturated carbocycles. The van der Waals surface area contributed by atoms with Crippen LogP contribution in [0.2, 0.25) is 0 Å². The van der Waals surface area contributed by atoms with E-state index in [4.69, 9.17) is 28.4 Å². The molecule has 0 aromatic heterocycles. The molecule has 10 nitrogen and oxygen atoms in total. The lowest BCUT2D eigenvalue weighted by atomic mass is 9.53. The van der Waals surface area contributed by atoms with Gasteiger partial charge in [-0.3, -0.25) is 9.59 Å². The van der Waals surface area contributed by atoms with Crippen LogP contribution in [0.4, 0.5) is 0 Å². The highest BCUT2D eigenvalue weighted by Gasteiger charge is 2.66. The van der Waals surface area contributed by atoms with E-state index in [0.29, 0.717) is 24.9 Å². The van der Waals surface area contributed by atoms with Gasteiger partial charge in [0.1, 0.15) is 12.2 Å². The van der Waals surface area contributed by atoms with E-state index in [1.165, 1.54) is 22.3 Å². The molecule has 10 rings (SSSR count). The minimum absolute atomic E-state index is 0.223. The molecule has 0 radical (unpaired) electrons. The maximum atomic E-state index is 13.3. The number of ether oxygens (including phenoxy) is 6. The van der Waals surface area contributed by atoms with Gasteiger partial charge in [0.05, 0.1) is 14.2 Å². The van der Waals surface area contributed by atoms with Crippen molar-refractivity contribution < 1.29 is 38.0 Å². The third-order valence-corrected chi connectivity index (χ3v) is 14.2. The van der Waals surface area contributed by atoms with E-state index in [2.05, 4.69) is 48.2 Å². The van der Waals surface area contributed by atoms with Crippen LogP contribution in [0, 0.1) is 11.8 Å². The molecule has 2 aromatic carbocycles. The monoisotopic (exact) mass is 708 g/mol. The fourth-order valence-electron chi connectivity index (χ4n) is 11.9. The van der Waals surface area contributed by atoms with Crippen molar-refractivity contribution in [3.8, 4) is 23.0 Å². The second kappa shape index (κ2) is 11.7. The lowest BCUT2D eigenvalue weighted by molar-refractivity contribution is -0.157. The number of hydrogen-bond acceptors (Lipinski definition) is 10. The summed E-state index contributed by atoms with van der Waals surface area (Å²) in [6, 6.07) is 9.14. The zero-order chi connectivity index (χ0) is 35.5. The second-order valence-corrected chi connectivity index (χ2v) is 16.4. The van der Waals surface area contributed by atoms with Crippen molar-refractivity contribution in [3.05, 3.63) is 70.8 Å². The quantitative estimate of drug-likeness (QED) is 0.208. The van der Waals surface area contributed by atoms with Gasteiger partial charge in [0.2, 0.25) is 0 Å². The number of likely N-dealkylation sites (N-methyl/N-ethyl adjacent to an activating group) is 2. The van der Waals surface area contributed by atoms with Crippen molar-refractivity contribution >= 4 is 11.9 Å². The number of carbonyl (C=O) groups excluding carboxylic acids is 2. The van der Waals surface area contributed by atoms with Crippen molar-refractivity contribution in [1.29, 1.82) is 0 Å². The average Bonchev–Trinajstić information content (AvgIpc) is 3.68.